The molecule has 9 heteroatoms. The van der Waals surface area contributed by atoms with Crippen molar-refractivity contribution in [1.82, 2.24) is 9.97 Å². The van der Waals surface area contributed by atoms with Gasteiger partial charge in [-0.2, -0.15) is 0 Å². The number of thiophene rings is 1. The van der Waals surface area contributed by atoms with E-state index in [0.29, 0.717) is 29.6 Å². The van der Waals surface area contributed by atoms with Crippen LogP contribution in [-0.2, 0) is 15.3 Å². The lowest BCUT2D eigenvalue weighted by atomic mass is 9.92. The van der Waals surface area contributed by atoms with Gasteiger partial charge in [-0.1, -0.05) is 18.2 Å². The maximum atomic E-state index is 12.6. The zero-order chi connectivity index (χ0) is 23.5. The fraction of sp³-hybridized carbons (Fsp3) is 0.417. The van der Waals surface area contributed by atoms with E-state index in [2.05, 4.69) is 24.0 Å². The van der Waals surface area contributed by atoms with Crippen LogP contribution in [0.15, 0.2) is 35.2 Å². The Balaban J connectivity index is 1.78. The van der Waals surface area contributed by atoms with Gasteiger partial charge in [0.15, 0.2) is 0 Å². The van der Waals surface area contributed by atoms with Gasteiger partial charge in [-0.15, -0.1) is 23.1 Å². The average molecular weight is 485 g/mol. The number of nitrogens with two attached hydrogens (primary N) is 1. The molecule has 0 unspecified atom stereocenters. The van der Waals surface area contributed by atoms with E-state index in [1.165, 1.54) is 11.3 Å². The Morgan fingerprint density at radius 1 is 1.24 bits per heavy atom. The molecule has 3 heterocycles. The SMILES string of the molecule is CCOC(=O)c1sc2nc(CSc3ccccc3)nc(N3C[C@@H](C(N)=O)CC[C@H]3C)c2c1C. The number of esters is 1. The fourth-order valence-corrected chi connectivity index (χ4v) is 5.99. The number of amides is 1. The normalized spacial score (nSPS) is 18.5. The van der Waals surface area contributed by atoms with Crippen molar-refractivity contribution in [3.8, 4) is 0 Å². The Labute approximate surface area is 201 Å². The first-order chi connectivity index (χ1) is 15.9. The van der Waals surface area contributed by atoms with E-state index in [9.17, 15) is 9.59 Å². The molecule has 2 aromatic heterocycles. The van der Waals surface area contributed by atoms with Gasteiger partial charge in [0.25, 0.3) is 0 Å². The molecule has 0 aliphatic carbocycles. The van der Waals surface area contributed by atoms with Gasteiger partial charge in [0.05, 0.1) is 23.7 Å². The van der Waals surface area contributed by atoms with Gasteiger partial charge in [0.2, 0.25) is 5.91 Å². The molecule has 2 N–H and O–H groups in total. The van der Waals surface area contributed by atoms with Gasteiger partial charge in [-0.3, -0.25) is 4.79 Å². The summed E-state index contributed by atoms with van der Waals surface area (Å²) < 4.78 is 5.27. The molecule has 1 aromatic carbocycles. The van der Waals surface area contributed by atoms with E-state index in [0.717, 1.165) is 39.3 Å². The predicted molar refractivity (Wildman–Crippen MR) is 133 cm³/mol. The topological polar surface area (TPSA) is 98.4 Å². The predicted octanol–water partition coefficient (Wildman–Crippen LogP) is 4.56. The fourth-order valence-electron chi connectivity index (χ4n) is 4.12. The molecule has 3 aromatic rings. The number of primary amides is 1. The molecule has 33 heavy (non-hydrogen) atoms. The molecule has 4 rings (SSSR count). The minimum Gasteiger partial charge on any atom is -0.462 e. The van der Waals surface area contributed by atoms with Crippen LogP contribution >= 0.6 is 23.1 Å². The number of thioether (sulfide) groups is 1. The number of hydrogen-bond acceptors (Lipinski definition) is 8. The molecule has 1 amide bonds. The first-order valence-electron chi connectivity index (χ1n) is 11.1. The number of aromatic nitrogens is 2. The van der Waals surface area contributed by atoms with Gasteiger partial charge in [-0.25, -0.2) is 14.8 Å². The molecule has 174 valence electrons. The molecule has 1 aliphatic heterocycles. The van der Waals surface area contributed by atoms with E-state index in [1.807, 2.05) is 25.1 Å². The number of nitrogens with zero attached hydrogens (tertiary/aromatic N) is 3. The maximum Gasteiger partial charge on any atom is 0.348 e. The number of hydrogen-bond donors (Lipinski definition) is 1. The van der Waals surface area contributed by atoms with E-state index in [4.69, 9.17) is 20.4 Å². The van der Waals surface area contributed by atoms with Crippen LogP contribution in [0.5, 0.6) is 0 Å². The van der Waals surface area contributed by atoms with Crippen LogP contribution in [-0.4, -0.2) is 41.0 Å². The average Bonchev–Trinajstić information content (AvgIpc) is 3.15. The highest BCUT2D eigenvalue weighted by atomic mass is 32.2. The summed E-state index contributed by atoms with van der Waals surface area (Å²) in [6.07, 6.45) is 1.62. The quantitative estimate of drug-likeness (QED) is 0.388. The van der Waals surface area contributed by atoms with Crippen molar-refractivity contribution in [2.24, 2.45) is 11.7 Å². The summed E-state index contributed by atoms with van der Waals surface area (Å²) in [5.74, 6) is 1.21. The Kier molecular flexibility index (Phi) is 7.19. The van der Waals surface area contributed by atoms with Crippen molar-refractivity contribution in [1.29, 1.82) is 0 Å². The number of aryl methyl sites for hydroxylation is 1. The number of fused-ring (bicyclic) bond motifs is 1. The van der Waals surface area contributed by atoms with Crippen LogP contribution in [0.25, 0.3) is 10.2 Å². The molecular weight excluding hydrogens is 456 g/mol. The maximum absolute atomic E-state index is 12.6. The third kappa shape index (κ3) is 4.99. The largest absolute Gasteiger partial charge is 0.462 e. The molecule has 7 nitrogen and oxygen atoms in total. The van der Waals surface area contributed by atoms with Crippen LogP contribution in [0.1, 0.15) is 47.7 Å². The minimum atomic E-state index is -0.342. The number of anilines is 1. The highest BCUT2D eigenvalue weighted by molar-refractivity contribution is 7.98. The summed E-state index contributed by atoms with van der Waals surface area (Å²) in [7, 11) is 0. The summed E-state index contributed by atoms with van der Waals surface area (Å²) in [5.41, 5.74) is 6.47. The summed E-state index contributed by atoms with van der Waals surface area (Å²) >= 11 is 3.01. The van der Waals surface area contributed by atoms with Crippen molar-refractivity contribution in [2.75, 3.05) is 18.1 Å². The second-order valence-corrected chi connectivity index (χ2v) is 10.2. The lowest BCUT2D eigenvalue weighted by molar-refractivity contribution is -0.122. The van der Waals surface area contributed by atoms with Gasteiger partial charge in [-0.05, 0) is 51.3 Å². The van der Waals surface area contributed by atoms with Gasteiger partial charge < -0.3 is 15.4 Å². The minimum absolute atomic E-state index is 0.193. The number of benzene rings is 1. The molecule has 1 fully saturated rings. The first kappa shape index (κ1) is 23.5. The lowest BCUT2D eigenvalue weighted by Gasteiger charge is -2.38. The zero-order valence-corrected chi connectivity index (χ0v) is 20.7. The number of ether oxygens (including phenoxy) is 1. The Morgan fingerprint density at radius 2 is 2.00 bits per heavy atom. The number of carbonyl (C=O) groups is 2. The van der Waals surface area contributed by atoms with Crippen LogP contribution in [0, 0.1) is 12.8 Å². The smallest absolute Gasteiger partial charge is 0.348 e. The highest BCUT2D eigenvalue weighted by Gasteiger charge is 2.32. The molecule has 1 saturated heterocycles. The standard InChI is InChI=1S/C24H28N4O3S2/c1-4-31-24(30)20-15(3)19-22(28-12-16(21(25)29)11-10-14(28)2)26-18(27-23(19)33-20)13-32-17-8-6-5-7-9-17/h5-9,14,16H,4,10-13H2,1-3H3,(H2,25,29)/t14-,16+/m1/s1. The molecule has 0 spiro atoms. The van der Waals surface area contributed by atoms with Crippen molar-refractivity contribution in [3.05, 3.63) is 46.6 Å². The first-order valence-corrected chi connectivity index (χ1v) is 12.9. The van der Waals surface area contributed by atoms with E-state index < -0.39 is 0 Å². The van der Waals surface area contributed by atoms with Crippen molar-refractivity contribution in [3.63, 3.8) is 0 Å². The van der Waals surface area contributed by atoms with Gasteiger partial charge in [0.1, 0.15) is 21.3 Å². The Morgan fingerprint density at radius 3 is 2.70 bits per heavy atom. The summed E-state index contributed by atoms with van der Waals surface area (Å²) in [6, 6.07) is 10.3. The summed E-state index contributed by atoms with van der Waals surface area (Å²) in [6.45, 7) is 6.67. The molecule has 0 radical (unpaired) electrons. The van der Waals surface area contributed by atoms with E-state index in [1.54, 1.807) is 18.7 Å². The number of carbonyl (C=O) groups excluding carboxylic acids is 2. The van der Waals surface area contributed by atoms with Crippen molar-refractivity contribution in [2.45, 2.75) is 50.3 Å². The second kappa shape index (κ2) is 10.1. The third-order valence-corrected chi connectivity index (χ3v) is 8.12. The number of piperidine rings is 1. The molecular formula is C24H28N4O3S2. The van der Waals surface area contributed by atoms with Crippen molar-refractivity contribution >= 4 is 51.0 Å². The lowest BCUT2D eigenvalue weighted by Crippen LogP contribution is -2.46. The van der Waals surface area contributed by atoms with Crippen LogP contribution < -0.4 is 10.6 Å². The summed E-state index contributed by atoms with van der Waals surface area (Å²) in [5, 5.41) is 0.855. The molecule has 0 bridgehead atoms. The number of rotatable bonds is 7. The zero-order valence-electron chi connectivity index (χ0n) is 19.0. The van der Waals surface area contributed by atoms with Gasteiger partial charge in [0, 0.05) is 17.5 Å². The van der Waals surface area contributed by atoms with Crippen molar-refractivity contribution < 1.29 is 14.3 Å². The monoisotopic (exact) mass is 484 g/mol. The Hall–Kier alpha value is -2.65. The molecule has 1 aliphatic rings. The van der Waals surface area contributed by atoms with Crippen LogP contribution in [0.3, 0.4) is 0 Å². The molecule has 0 saturated carbocycles. The van der Waals surface area contributed by atoms with Crippen LogP contribution in [0.4, 0.5) is 5.82 Å². The summed E-state index contributed by atoms with van der Waals surface area (Å²) in [4.78, 5) is 38.9. The van der Waals surface area contributed by atoms with Gasteiger partial charge >= 0.3 is 5.97 Å². The molecule has 2 atom stereocenters. The van der Waals surface area contributed by atoms with E-state index >= 15 is 0 Å². The highest BCUT2D eigenvalue weighted by Crippen LogP contribution is 2.39. The van der Waals surface area contributed by atoms with Crippen LogP contribution in [0.2, 0.25) is 0 Å². The third-order valence-electron chi connectivity index (χ3n) is 5.95. The Bertz CT molecular complexity index is 1170. The van der Waals surface area contributed by atoms with E-state index in [-0.39, 0.29) is 23.8 Å². The second-order valence-electron chi connectivity index (χ2n) is 8.20.